The molecule has 1 atom stereocenters. The first-order valence-electron chi connectivity index (χ1n) is 8.35. The van der Waals surface area contributed by atoms with E-state index in [1.807, 2.05) is 18.2 Å². The van der Waals surface area contributed by atoms with Crippen LogP contribution in [0.5, 0.6) is 5.75 Å². The molecule has 1 aliphatic carbocycles. The number of ether oxygens (including phenoxy) is 2. The van der Waals surface area contributed by atoms with Crippen LogP contribution in [0.4, 0.5) is 0 Å². The average molecular weight is 339 g/mol. The minimum absolute atomic E-state index is 0.0204. The number of carbonyl (C=O) groups is 2. The fourth-order valence-corrected chi connectivity index (χ4v) is 3.10. The Bertz CT molecular complexity index is 772. The molecule has 25 heavy (non-hydrogen) atoms. The molecule has 0 bridgehead atoms. The molecule has 0 aliphatic heterocycles. The fraction of sp³-hybridized carbons (Fsp3) is 0.300. The molecule has 1 amide bonds. The van der Waals surface area contributed by atoms with E-state index < -0.39 is 5.97 Å². The summed E-state index contributed by atoms with van der Waals surface area (Å²) in [5.74, 6) is -0.270. The highest BCUT2D eigenvalue weighted by molar-refractivity contribution is 5.91. The van der Waals surface area contributed by atoms with E-state index in [1.165, 1.54) is 12.7 Å². The van der Waals surface area contributed by atoms with Crippen LogP contribution in [-0.4, -0.2) is 25.6 Å². The van der Waals surface area contributed by atoms with Crippen molar-refractivity contribution in [2.45, 2.75) is 25.3 Å². The van der Waals surface area contributed by atoms with Gasteiger partial charge < -0.3 is 14.8 Å². The van der Waals surface area contributed by atoms with E-state index in [-0.39, 0.29) is 18.6 Å². The van der Waals surface area contributed by atoms with Crippen molar-refractivity contribution in [1.82, 2.24) is 5.32 Å². The predicted molar refractivity (Wildman–Crippen MR) is 93.5 cm³/mol. The quantitative estimate of drug-likeness (QED) is 0.851. The zero-order chi connectivity index (χ0) is 17.6. The van der Waals surface area contributed by atoms with Crippen LogP contribution in [0, 0.1) is 0 Å². The Labute approximate surface area is 147 Å². The lowest BCUT2D eigenvalue weighted by atomic mass is 9.88. The molecule has 0 saturated carbocycles. The van der Waals surface area contributed by atoms with E-state index >= 15 is 0 Å². The molecule has 0 radical (unpaired) electrons. The molecule has 0 aromatic heterocycles. The fourth-order valence-electron chi connectivity index (χ4n) is 3.10. The van der Waals surface area contributed by atoms with E-state index in [9.17, 15) is 9.59 Å². The van der Waals surface area contributed by atoms with Gasteiger partial charge >= 0.3 is 5.97 Å². The second-order valence-corrected chi connectivity index (χ2v) is 6.02. The zero-order valence-corrected chi connectivity index (χ0v) is 14.2. The summed E-state index contributed by atoms with van der Waals surface area (Å²) in [6, 6.07) is 14.8. The molecule has 5 heteroatoms. The van der Waals surface area contributed by atoms with Gasteiger partial charge in [-0.3, -0.25) is 4.79 Å². The molecular weight excluding hydrogens is 318 g/mol. The normalized spacial score (nSPS) is 15.8. The minimum Gasteiger partial charge on any atom is -0.497 e. The highest BCUT2D eigenvalue weighted by atomic mass is 16.5. The first-order chi connectivity index (χ1) is 12.2. The van der Waals surface area contributed by atoms with Gasteiger partial charge in [0.25, 0.3) is 5.91 Å². The molecular formula is C20H21NO4. The van der Waals surface area contributed by atoms with Crippen LogP contribution in [-0.2, 0) is 16.0 Å². The van der Waals surface area contributed by atoms with Crippen molar-refractivity contribution in [1.29, 1.82) is 0 Å². The van der Waals surface area contributed by atoms with Crippen LogP contribution in [0.1, 0.15) is 40.4 Å². The van der Waals surface area contributed by atoms with Crippen molar-refractivity contribution in [2.75, 3.05) is 13.7 Å². The molecule has 0 heterocycles. The number of hydrogen-bond donors (Lipinski definition) is 1. The standard InChI is InChI=1S/C20H21NO4/c1-24-16-9-4-8-15(12-16)20(23)25-13-19(22)21-18-11-5-7-14-6-2-3-10-17(14)18/h2-4,6,8-10,12,18H,5,7,11,13H2,1H3,(H,21,22). The first kappa shape index (κ1) is 17.0. The summed E-state index contributed by atoms with van der Waals surface area (Å²) < 4.78 is 10.2. The Morgan fingerprint density at radius 2 is 2.00 bits per heavy atom. The number of rotatable bonds is 5. The molecule has 5 nitrogen and oxygen atoms in total. The van der Waals surface area contributed by atoms with E-state index in [1.54, 1.807) is 24.3 Å². The molecule has 0 spiro atoms. The number of fused-ring (bicyclic) bond motifs is 1. The van der Waals surface area contributed by atoms with Gasteiger partial charge in [0.1, 0.15) is 5.75 Å². The van der Waals surface area contributed by atoms with Crippen molar-refractivity contribution >= 4 is 11.9 Å². The minimum atomic E-state index is -0.543. The molecule has 2 aromatic rings. The summed E-state index contributed by atoms with van der Waals surface area (Å²) in [4.78, 5) is 24.2. The Morgan fingerprint density at radius 1 is 1.16 bits per heavy atom. The van der Waals surface area contributed by atoms with Crippen molar-refractivity contribution in [3.05, 3.63) is 65.2 Å². The molecule has 2 aromatic carbocycles. The van der Waals surface area contributed by atoms with E-state index in [2.05, 4.69) is 11.4 Å². The molecule has 1 N–H and O–H groups in total. The molecule has 1 aliphatic rings. The van der Waals surface area contributed by atoms with Crippen LogP contribution in [0.3, 0.4) is 0 Å². The summed E-state index contributed by atoms with van der Waals surface area (Å²) >= 11 is 0. The molecule has 3 rings (SSSR count). The summed E-state index contributed by atoms with van der Waals surface area (Å²) in [6.07, 6.45) is 2.96. The van der Waals surface area contributed by atoms with Gasteiger partial charge in [0, 0.05) is 0 Å². The van der Waals surface area contributed by atoms with Crippen LogP contribution in [0.15, 0.2) is 48.5 Å². The maximum Gasteiger partial charge on any atom is 0.338 e. The van der Waals surface area contributed by atoms with Crippen LogP contribution < -0.4 is 10.1 Å². The lowest BCUT2D eigenvalue weighted by molar-refractivity contribution is -0.125. The predicted octanol–water partition coefficient (Wildman–Crippen LogP) is 3.05. The van der Waals surface area contributed by atoms with Crippen molar-refractivity contribution in [3.63, 3.8) is 0 Å². The number of methoxy groups -OCH3 is 1. The third-order valence-corrected chi connectivity index (χ3v) is 4.34. The second kappa shape index (κ2) is 7.83. The van der Waals surface area contributed by atoms with Gasteiger partial charge in [-0.1, -0.05) is 30.3 Å². The number of nitrogens with one attached hydrogen (secondary N) is 1. The van der Waals surface area contributed by atoms with Crippen LogP contribution in [0.25, 0.3) is 0 Å². The monoisotopic (exact) mass is 339 g/mol. The third kappa shape index (κ3) is 4.18. The Hall–Kier alpha value is -2.82. The molecule has 0 saturated heterocycles. The topological polar surface area (TPSA) is 64.6 Å². The van der Waals surface area contributed by atoms with Gasteiger partial charge in [-0.25, -0.2) is 4.79 Å². The number of hydrogen-bond acceptors (Lipinski definition) is 4. The molecule has 130 valence electrons. The Balaban J connectivity index is 1.56. The summed E-state index contributed by atoms with van der Waals surface area (Å²) in [5.41, 5.74) is 2.78. The number of benzene rings is 2. The van der Waals surface area contributed by atoms with Crippen LogP contribution >= 0.6 is 0 Å². The lowest BCUT2D eigenvalue weighted by Gasteiger charge is -2.26. The third-order valence-electron chi connectivity index (χ3n) is 4.34. The molecule has 0 fully saturated rings. The SMILES string of the molecule is COc1cccc(C(=O)OCC(=O)NC2CCCc3ccccc32)c1. The molecule has 1 unspecified atom stereocenters. The van der Waals surface area contributed by atoms with Crippen molar-refractivity contribution in [2.24, 2.45) is 0 Å². The van der Waals surface area contributed by atoms with Crippen molar-refractivity contribution < 1.29 is 19.1 Å². The van der Waals surface area contributed by atoms with Gasteiger partial charge in [-0.2, -0.15) is 0 Å². The Morgan fingerprint density at radius 3 is 2.84 bits per heavy atom. The van der Waals surface area contributed by atoms with E-state index in [4.69, 9.17) is 9.47 Å². The van der Waals surface area contributed by atoms with Gasteiger partial charge in [-0.15, -0.1) is 0 Å². The van der Waals surface area contributed by atoms with Gasteiger partial charge in [0.05, 0.1) is 18.7 Å². The smallest absolute Gasteiger partial charge is 0.338 e. The summed E-state index contributed by atoms with van der Waals surface area (Å²) in [6.45, 7) is -0.297. The average Bonchev–Trinajstić information content (AvgIpc) is 2.66. The number of amides is 1. The van der Waals surface area contributed by atoms with E-state index in [0.717, 1.165) is 24.8 Å². The largest absolute Gasteiger partial charge is 0.497 e. The van der Waals surface area contributed by atoms with Crippen LogP contribution in [0.2, 0.25) is 0 Å². The maximum absolute atomic E-state index is 12.2. The number of aryl methyl sites for hydroxylation is 1. The lowest BCUT2D eigenvalue weighted by Crippen LogP contribution is -2.34. The van der Waals surface area contributed by atoms with Gasteiger partial charge in [0.2, 0.25) is 0 Å². The van der Waals surface area contributed by atoms with Gasteiger partial charge in [0.15, 0.2) is 6.61 Å². The number of carbonyl (C=O) groups excluding carboxylic acids is 2. The summed E-state index contributed by atoms with van der Waals surface area (Å²) in [5, 5.41) is 2.96. The highest BCUT2D eigenvalue weighted by Crippen LogP contribution is 2.29. The Kier molecular flexibility index (Phi) is 5.33. The van der Waals surface area contributed by atoms with Crippen molar-refractivity contribution in [3.8, 4) is 5.75 Å². The maximum atomic E-state index is 12.2. The van der Waals surface area contributed by atoms with Gasteiger partial charge in [-0.05, 0) is 48.6 Å². The highest BCUT2D eigenvalue weighted by Gasteiger charge is 2.22. The van der Waals surface area contributed by atoms with E-state index in [0.29, 0.717) is 11.3 Å². The summed E-state index contributed by atoms with van der Waals surface area (Å²) in [7, 11) is 1.53. The zero-order valence-electron chi connectivity index (χ0n) is 14.2. The number of esters is 1. The first-order valence-corrected chi connectivity index (χ1v) is 8.35. The second-order valence-electron chi connectivity index (χ2n) is 6.02.